The summed E-state index contributed by atoms with van der Waals surface area (Å²) < 4.78 is 5.59. The van der Waals surface area contributed by atoms with E-state index in [1.165, 1.54) is 17.5 Å². The number of aryl methyl sites for hydroxylation is 1. The second kappa shape index (κ2) is 6.04. The summed E-state index contributed by atoms with van der Waals surface area (Å²) in [4.78, 5) is 4.73. The molecule has 0 bridgehead atoms. The summed E-state index contributed by atoms with van der Waals surface area (Å²) in [5, 5.41) is 4.58. The van der Waals surface area contributed by atoms with Gasteiger partial charge >= 0.3 is 0 Å². The number of benzene rings is 2. The van der Waals surface area contributed by atoms with Crippen molar-refractivity contribution in [1.82, 2.24) is 4.98 Å². The molecule has 4 rings (SSSR count). The standard InChI is InChI=1S/C20H21N3O/c1-24-18-10-3-6-13-5-2-9-17(20(13)18)23-19-12-11-14-15(21)7-4-8-16(14)22-19/h3-4,6-8,10-12,17H,2,5,9,21H2,1H3,(H,22,23). The number of hydrogen-bond acceptors (Lipinski definition) is 4. The minimum atomic E-state index is 0.218. The maximum absolute atomic E-state index is 6.01. The topological polar surface area (TPSA) is 60.2 Å². The first kappa shape index (κ1) is 14.8. The van der Waals surface area contributed by atoms with E-state index < -0.39 is 0 Å². The normalized spacial score (nSPS) is 16.6. The van der Waals surface area contributed by atoms with Gasteiger partial charge in [0.25, 0.3) is 0 Å². The van der Waals surface area contributed by atoms with Gasteiger partial charge in [0.2, 0.25) is 0 Å². The van der Waals surface area contributed by atoms with E-state index in [9.17, 15) is 0 Å². The van der Waals surface area contributed by atoms with Crippen molar-refractivity contribution < 1.29 is 4.74 Å². The smallest absolute Gasteiger partial charge is 0.127 e. The van der Waals surface area contributed by atoms with Crippen molar-refractivity contribution in [3.05, 3.63) is 59.7 Å². The van der Waals surface area contributed by atoms with E-state index in [1.807, 2.05) is 36.4 Å². The van der Waals surface area contributed by atoms with E-state index in [4.69, 9.17) is 15.5 Å². The highest BCUT2D eigenvalue weighted by molar-refractivity contribution is 5.91. The first-order valence-electron chi connectivity index (χ1n) is 8.34. The SMILES string of the molecule is COc1cccc2c1C(Nc1ccc3c(N)cccc3n1)CCC2. The predicted molar refractivity (Wildman–Crippen MR) is 98.5 cm³/mol. The summed E-state index contributed by atoms with van der Waals surface area (Å²) in [6.07, 6.45) is 3.34. The average molecular weight is 319 g/mol. The highest BCUT2D eigenvalue weighted by atomic mass is 16.5. The maximum Gasteiger partial charge on any atom is 0.127 e. The molecule has 2 aromatic carbocycles. The van der Waals surface area contributed by atoms with Crippen molar-refractivity contribution in [2.24, 2.45) is 0 Å². The molecule has 0 radical (unpaired) electrons. The molecule has 4 nitrogen and oxygen atoms in total. The fourth-order valence-electron chi connectivity index (χ4n) is 3.60. The van der Waals surface area contributed by atoms with Crippen LogP contribution in [0.2, 0.25) is 0 Å². The Kier molecular flexibility index (Phi) is 3.73. The van der Waals surface area contributed by atoms with Crippen LogP contribution in [0.3, 0.4) is 0 Å². The Labute approximate surface area is 141 Å². The number of aromatic nitrogens is 1. The van der Waals surface area contributed by atoms with Crippen LogP contribution in [0.1, 0.15) is 30.0 Å². The van der Waals surface area contributed by atoms with E-state index in [1.54, 1.807) is 7.11 Å². The molecule has 0 spiro atoms. The van der Waals surface area contributed by atoms with Crippen molar-refractivity contribution in [3.8, 4) is 5.75 Å². The fraction of sp³-hybridized carbons (Fsp3) is 0.250. The molecule has 4 heteroatoms. The lowest BCUT2D eigenvalue weighted by molar-refractivity contribution is 0.401. The van der Waals surface area contributed by atoms with Crippen molar-refractivity contribution in [2.75, 3.05) is 18.2 Å². The summed E-state index contributed by atoms with van der Waals surface area (Å²) in [6.45, 7) is 0. The zero-order chi connectivity index (χ0) is 16.5. The van der Waals surface area contributed by atoms with E-state index >= 15 is 0 Å². The van der Waals surface area contributed by atoms with E-state index in [-0.39, 0.29) is 6.04 Å². The number of nitrogens with one attached hydrogen (secondary N) is 1. The minimum absolute atomic E-state index is 0.218. The summed E-state index contributed by atoms with van der Waals surface area (Å²) in [7, 11) is 1.73. The largest absolute Gasteiger partial charge is 0.496 e. The summed E-state index contributed by atoms with van der Waals surface area (Å²) in [6, 6.07) is 16.4. The lowest BCUT2D eigenvalue weighted by Gasteiger charge is -2.28. The highest BCUT2D eigenvalue weighted by Crippen LogP contribution is 2.38. The minimum Gasteiger partial charge on any atom is -0.496 e. The van der Waals surface area contributed by atoms with Gasteiger partial charge in [-0.25, -0.2) is 4.98 Å². The molecule has 0 saturated carbocycles. The lowest BCUT2D eigenvalue weighted by atomic mass is 9.87. The number of fused-ring (bicyclic) bond motifs is 2. The average Bonchev–Trinajstić information content (AvgIpc) is 2.61. The van der Waals surface area contributed by atoms with Gasteiger partial charge < -0.3 is 15.8 Å². The molecular formula is C20H21N3O. The molecule has 0 aliphatic heterocycles. The van der Waals surface area contributed by atoms with Gasteiger partial charge in [0.15, 0.2) is 0 Å². The van der Waals surface area contributed by atoms with Gasteiger partial charge in [0.05, 0.1) is 18.7 Å². The number of nitrogens with zero attached hydrogens (tertiary/aromatic N) is 1. The third-order valence-electron chi connectivity index (χ3n) is 4.75. The van der Waals surface area contributed by atoms with Crippen LogP contribution in [-0.2, 0) is 6.42 Å². The van der Waals surface area contributed by atoms with Crippen LogP contribution in [-0.4, -0.2) is 12.1 Å². The van der Waals surface area contributed by atoms with Crippen molar-refractivity contribution in [1.29, 1.82) is 0 Å². The molecule has 0 amide bonds. The van der Waals surface area contributed by atoms with E-state index in [2.05, 4.69) is 17.4 Å². The Hall–Kier alpha value is -2.75. The van der Waals surface area contributed by atoms with Gasteiger partial charge in [-0.2, -0.15) is 0 Å². The number of rotatable bonds is 3. The molecule has 1 atom stereocenters. The van der Waals surface area contributed by atoms with Crippen LogP contribution in [0.5, 0.6) is 5.75 Å². The number of nitrogen functional groups attached to an aromatic ring is 1. The second-order valence-corrected chi connectivity index (χ2v) is 6.23. The van der Waals surface area contributed by atoms with Gasteiger partial charge in [0.1, 0.15) is 11.6 Å². The molecule has 24 heavy (non-hydrogen) atoms. The summed E-state index contributed by atoms with van der Waals surface area (Å²) in [5.41, 5.74) is 10.3. The molecule has 1 aromatic heterocycles. The molecule has 122 valence electrons. The fourth-order valence-corrected chi connectivity index (χ4v) is 3.60. The van der Waals surface area contributed by atoms with Crippen LogP contribution < -0.4 is 15.8 Å². The second-order valence-electron chi connectivity index (χ2n) is 6.23. The molecule has 1 heterocycles. The van der Waals surface area contributed by atoms with Gasteiger partial charge in [-0.3, -0.25) is 0 Å². The monoisotopic (exact) mass is 319 g/mol. The van der Waals surface area contributed by atoms with Crippen molar-refractivity contribution in [3.63, 3.8) is 0 Å². The lowest BCUT2D eigenvalue weighted by Crippen LogP contribution is -2.19. The number of pyridine rings is 1. The van der Waals surface area contributed by atoms with Gasteiger partial charge in [-0.15, -0.1) is 0 Å². The first-order chi connectivity index (χ1) is 11.8. The summed E-state index contributed by atoms with van der Waals surface area (Å²) >= 11 is 0. The van der Waals surface area contributed by atoms with Crippen LogP contribution in [0.15, 0.2) is 48.5 Å². The van der Waals surface area contributed by atoms with Crippen molar-refractivity contribution >= 4 is 22.4 Å². The van der Waals surface area contributed by atoms with Crippen LogP contribution >= 0.6 is 0 Å². The molecule has 3 aromatic rings. The van der Waals surface area contributed by atoms with E-state index in [0.29, 0.717) is 0 Å². The number of hydrogen-bond donors (Lipinski definition) is 2. The molecule has 3 N–H and O–H groups in total. The molecule has 0 fully saturated rings. The predicted octanol–water partition coefficient (Wildman–Crippen LogP) is 4.32. The van der Waals surface area contributed by atoms with Crippen LogP contribution in [0, 0.1) is 0 Å². The third kappa shape index (κ3) is 2.54. The summed E-state index contributed by atoms with van der Waals surface area (Å²) in [5.74, 6) is 1.83. The van der Waals surface area contributed by atoms with Gasteiger partial charge in [-0.05, 0) is 55.2 Å². The number of ether oxygens (including phenoxy) is 1. The Morgan fingerprint density at radius 1 is 1.12 bits per heavy atom. The number of anilines is 2. The number of methoxy groups -OCH3 is 1. The highest BCUT2D eigenvalue weighted by Gasteiger charge is 2.24. The van der Waals surface area contributed by atoms with Gasteiger partial charge in [-0.1, -0.05) is 18.2 Å². The molecule has 1 aliphatic carbocycles. The van der Waals surface area contributed by atoms with Crippen LogP contribution in [0.4, 0.5) is 11.5 Å². The zero-order valence-electron chi connectivity index (χ0n) is 13.8. The zero-order valence-corrected chi connectivity index (χ0v) is 13.8. The Morgan fingerprint density at radius 3 is 2.88 bits per heavy atom. The Bertz CT molecular complexity index is 877. The van der Waals surface area contributed by atoms with E-state index in [0.717, 1.165) is 41.0 Å². The van der Waals surface area contributed by atoms with Gasteiger partial charge in [0, 0.05) is 16.6 Å². The maximum atomic E-state index is 6.01. The quantitative estimate of drug-likeness (QED) is 0.706. The Balaban J connectivity index is 1.70. The molecule has 1 aliphatic rings. The number of nitrogens with two attached hydrogens (primary N) is 1. The Morgan fingerprint density at radius 2 is 2.00 bits per heavy atom. The molecule has 0 saturated heterocycles. The van der Waals surface area contributed by atoms with Crippen molar-refractivity contribution in [2.45, 2.75) is 25.3 Å². The van der Waals surface area contributed by atoms with Crippen LogP contribution in [0.25, 0.3) is 10.9 Å². The molecule has 1 unspecified atom stereocenters. The molecular weight excluding hydrogens is 298 g/mol. The third-order valence-corrected chi connectivity index (χ3v) is 4.75. The first-order valence-corrected chi connectivity index (χ1v) is 8.34.